The molecule has 138 valence electrons. The zero-order valence-electron chi connectivity index (χ0n) is 14.8. The Morgan fingerprint density at radius 3 is 2.85 bits per heavy atom. The standard InChI is InChI=1S/C17H20Cl2N6O/c1-4-10(2)9-26-25-15-14(12(8-18)24-25)22-17(19)23-16(15)21-13-7-11(3)5-6-20-13/h5-7,10H,4,8-9H2,1-3H3,(H,20,21,22,23). The summed E-state index contributed by atoms with van der Waals surface area (Å²) in [5.41, 5.74) is 2.79. The Hall–Kier alpha value is -2.12. The van der Waals surface area contributed by atoms with E-state index in [4.69, 9.17) is 28.0 Å². The number of anilines is 2. The van der Waals surface area contributed by atoms with Crippen LogP contribution >= 0.6 is 23.2 Å². The number of aryl methyl sites for hydroxylation is 1. The van der Waals surface area contributed by atoms with E-state index in [0.29, 0.717) is 40.9 Å². The Kier molecular flexibility index (Phi) is 5.78. The minimum atomic E-state index is 0.0977. The summed E-state index contributed by atoms with van der Waals surface area (Å²) in [6, 6.07) is 3.82. The van der Waals surface area contributed by atoms with Crippen molar-refractivity contribution >= 4 is 45.9 Å². The predicted octanol–water partition coefficient (Wildman–Crippen LogP) is 4.14. The summed E-state index contributed by atoms with van der Waals surface area (Å²) in [5.74, 6) is 1.68. The van der Waals surface area contributed by atoms with Gasteiger partial charge in [-0.2, -0.15) is 4.98 Å². The van der Waals surface area contributed by atoms with Crippen molar-refractivity contribution in [3.8, 4) is 0 Å². The molecule has 3 rings (SSSR count). The SMILES string of the molecule is CCC(C)COn1nc(CCl)c2nc(Cl)nc(Nc3cc(C)ccn3)c21. The molecule has 0 fully saturated rings. The smallest absolute Gasteiger partial charge is 0.225 e. The molecule has 0 spiro atoms. The molecular weight excluding hydrogens is 375 g/mol. The summed E-state index contributed by atoms with van der Waals surface area (Å²) in [5, 5.41) is 7.69. The number of pyridine rings is 1. The molecule has 0 aliphatic carbocycles. The van der Waals surface area contributed by atoms with Crippen molar-refractivity contribution in [3.05, 3.63) is 34.9 Å². The zero-order chi connectivity index (χ0) is 18.7. The molecule has 3 aromatic rings. The van der Waals surface area contributed by atoms with E-state index in [9.17, 15) is 0 Å². The molecule has 0 bridgehead atoms. The molecule has 0 aliphatic heterocycles. The molecule has 0 saturated carbocycles. The van der Waals surface area contributed by atoms with Gasteiger partial charge in [-0.1, -0.05) is 25.1 Å². The van der Waals surface area contributed by atoms with E-state index in [2.05, 4.69) is 39.2 Å². The van der Waals surface area contributed by atoms with Gasteiger partial charge < -0.3 is 10.2 Å². The monoisotopic (exact) mass is 394 g/mol. The summed E-state index contributed by atoms with van der Waals surface area (Å²) in [4.78, 5) is 20.2. The Labute approximate surface area is 161 Å². The van der Waals surface area contributed by atoms with E-state index in [1.807, 2.05) is 19.1 Å². The first-order chi connectivity index (χ1) is 12.5. The van der Waals surface area contributed by atoms with Gasteiger partial charge in [0.2, 0.25) is 5.28 Å². The van der Waals surface area contributed by atoms with Crippen molar-refractivity contribution in [3.63, 3.8) is 0 Å². The molecule has 0 saturated heterocycles. The van der Waals surface area contributed by atoms with Gasteiger partial charge in [0.05, 0.1) is 5.88 Å². The average molecular weight is 395 g/mol. The van der Waals surface area contributed by atoms with Gasteiger partial charge in [-0.15, -0.1) is 16.7 Å². The van der Waals surface area contributed by atoms with Gasteiger partial charge in [0.25, 0.3) is 0 Å². The quantitative estimate of drug-likeness (QED) is 0.479. The summed E-state index contributed by atoms with van der Waals surface area (Å²) in [6.07, 6.45) is 2.72. The van der Waals surface area contributed by atoms with Crippen molar-refractivity contribution in [2.24, 2.45) is 5.92 Å². The van der Waals surface area contributed by atoms with Gasteiger partial charge in [-0.3, -0.25) is 0 Å². The minimum Gasteiger partial charge on any atom is -0.396 e. The zero-order valence-corrected chi connectivity index (χ0v) is 16.3. The Bertz CT molecular complexity index is 914. The summed E-state index contributed by atoms with van der Waals surface area (Å²) >= 11 is 12.1. The first-order valence-electron chi connectivity index (χ1n) is 8.35. The average Bonchev–Trinajstić information content (AvgIpc) is 2.97. The van der Waals surface area contributed by atoms with E-state index < -0.39 is 0 Å². The number of hydrogen-bond acceptors (Lipinski definition) is 6. The number of alkyl halides is 1. The third-order valence-corrected chi connectivity index (χ3v) is 4.42. The second-order valence-corrected chi connectivity index (χ2v) is 6.75. The Morgan fingerprint density at radius 1 is 1.35 bits per heavy atom. The number of halogens is 2. The third kappa shape index (κ3) is 3.99. The maximum atomic E-state index is 6.11. The molecule has 1 unspecified atom stereocenters. The molecular formula is C17H20Cl2N6O. The molecule has 0 amide bonds. The van der Waals surface area contributed by atoms with Gasteiger partial charge in [-0.05, 0) is 42.1 Å². The fourth-order valence-electron chi connectivity index (χ4n) is 2.33. The fourth-order valence-corrected chi connectivity index (χ4v) is 2.68. The maximum absolute atomic E-state index is 6.11. The van der Waals surface area contributed by atoms with Crippen LogP contribution in [0.25, 0.3) is 11.0 Å². The molecule has 0 radical (unpaired) electrons. The lowest BCUT2D eigenvalue weighted by atomic mass is 10.1. The van der Waals surface area contributed by atoms with Crippen LogP contribution in [0.3, 0.4) is 0 Å². The van der Waals surface area contributed by atoms with Crippen LogP contribution in [0.5, 0.6) is 0 Å². The van der Waals surface area contributed by atoms with E-state index >= 15 is 0 Å². The molecule has 1 N–H and O–H groups in total. The van der Waals surface area contributed by atoms with E-state index in [1.165, 1.54) is 4.85 Å². The fraction of sp³-hybridized carbons (Fsp3) is 0.412. The van der Waals surface area contributed by atoms with Crippen molar-refractivity contribution in [1.29, 1.82) is 0 Å². The van der Waals surface area contributed by atoms with Gasteiger partial charge in [0.15, 0.2) is 11.3 Å². The second-order valence-electron chi connectivity index (χ2n) is 6.14. The molecule has 1 atom stereocenters. The van der Waals surface area contributed by atoms with Crippen LogP contribution in [-0.2, 0) is 5.88 Å². The normalized spacial score (nSPS) is 12.3. The van der Waals surface area contributed by atoms with Crippen LogP contribution in [0.1, 0.15) is 31.5 Å². The van der Waals surface area contributed by atoms with Crippen LogP contribution in [0.15, 0.2) is 18.3 Å². The van der Waals surface area contributed by atoms with Crippen molar-refractivity contribution in [2.75, 3.05) is 11.9 Å². The molecule has 26 heavy (non-hydrogen) atoms. The second kappa shape index (κ2) is 8.05. The lowest BCUT2D eigenvalue weighted by molar-refractivity contribution is 0.0671. The Balaban J connectivity index is 2.07. The van der Waals surface area contributed by atoms with Gasteiger partial charge in [-0.25, -0.2) is 9.97 Å². The predicted molar refractivity (Wildman–Crippen MR) is 103 cm³/mol. The lowest BCUT2D eigenvalue weighted by Crippen LogP contribution is -2.19. The van der Waals surface area contributed by atoms with Crippen LogP contribution in [-0.4, -0.2) is 31.5 Å². The maximum Gasteiger partial charge on any atom is 0.225 e. The summed E-state index contributed by atoms with van der Waals surface area (Å²) in [6.45, 7) is 6.72. The molecule has 9 heteroatoms. The van der Waals surface area contributed by atoms with Crippen LogP contribution in [0.2, 0.25) is 5.28 Å². The van der Waals surface area contributed by atoms with Crippen molar-refractivity contribution in [2.45, 2.75) is 33.1 Å². The third-order valence-electron chi connectivity index (χ3n) is 4.00. The Morgan fingerprint density at radius 2 is 2.15 bits per heavy atom. The van der Waals surface area contributed by atoms with Crippen molar-refractivity contribution < 1.29 is 4.84 Å². The molecule has 0 aromatic carbocycles. The molecule has 3 aromatic heterocycles. The number of rotatable bonds is 7. The van der Waals surface area contributed by atoms with Gasteiger partial charge >= 0.3 is 0 Å². The van der Waals surface area contributed by atoms with Crippen molar-refractivity contribution in [1.82, 2.24) is 24.9 Å². The van der Waals surface area contributed by atoms with E-state index in [-0.39, 0.29) is 11.2 Å². The number of fused-ring (bicyclic) bond motifs is 1. The first kappa shape index (κ1) is 18.7. The molecule has 0 aliphatic rings. The van der Waals surface area contributed by atoms with Gasteiger partial charge in [0, 0.05) is 6.20 Å². The highest BCUT2D eigenvalue weighted by atomic mass is 35.5. The van der Waals surface area contributed by atoms with E-state index in [1.54, 1.807) is 6.20 Å². The summed E-state index contributed by atoms with van der Waals surface area (Å²) in [7, 11) is 0. The highest BCUT2D eigenvalue weighted by Gasteiger charge is 2.20. The number of hydrogen-bond donors (Lipinski definition) is 1. The topological polar surface area (TPSA) is 77.8 Å². The number of nitrogens with one attached hydrogen (secondary N) is 1. The van der Waals surface area contributed by atoms with Crippen LogP contribution < -0.4 is 10.2 Å². The van der Waals surface area contributed by atoms with Gasteiger partial charge in [0.1, 0.15) is 23.6 Å². The van der Waals surface area contributed by atoms with Crippen LogP contribution in [0.4, 0.5) is 11.6 Å². The van der Waals surface area contributed by atoms with E-state index in [0.717, 1.165) is 12.0 Å². The highest BCUT2D eigenvalue weighted by molar-refractivity contribution is 6.29. The largest absolute Gasteiger partial charge is 0.396 e. The minimum absolute atomic E-state index is 0.0977. The lowest BCUT2D eigenvalue weighted by Gasteiger charge is -2.12. The highest BCUT2D eigenvalue weighted by Crippen LogP contribution is 2.27. The summed E-state index contributed by atoms with van der Waals surface area (Å²) < 4.78 is 0. The first-order valence-corrected chi connectivity index (χ1v) is 9.27. The number of nitrogens with zero attached hydrogens (tertiary/aromatic N) is 5. The molecule has 3 heterocycles. The molecule has 7 nitrogen and oxygen atoms in total. The van der Waals surface area contributed by atoms with Crippen LogP contribution in [0, 0.1) is 12.8 Å². The number of aromatic nitrogens is 5.